The Morgan fingerprint density at radius 1 is 0.415 bits per heavy atom. The number of thiophene rings is 1. The molecule has 0 saturated carbocycles. The van der Waals surface area contributed by atoms with E-state index in [1.807, 2.05) is 11.3 Å². The molecule has 0 spiro atoms. The topological polar surface area (TPSA) is 3.24 Å². The van der Waals surface area contributed by atoms with Gasteiger partial charge in [-0.2, -0.15) is 0 Å². The molecule has 53 heavy (non-hydrogen) atoms. The van der Waals surface area contributed by atoms with Gasteiger partial charge in [-0.05, 0) is 86.5 Å². The molecule has 0 aliphatic heterocycles. The van der Waals surface area contributed by atoms with Crippen LogP contribution >= 0.6 is 11.3 Å². The number of hydrogen-bond donors (Lipinski definition) is 0. The normalized spacial score (nSPS) is 12.9. The van der Waals surface area contributed by atoms with E-state index < -0.39 is 0 Å². The van der Waals surface area contributed by atoms with Crippen molar-refractivity contribution in [3.05, 3.63) is 199 Å². The molecule has 0 bridgehead atoms. The smallest absolute Gasteiger partial charge is 0.0555 e. The molecule has 2 heteroatoms. The number of nitrogens with zero attached hydrogens (tertiary/aromatic N) is 1. The van der Waals surface area contributed by atoms with Crippen LogP contribution in [0.2, 0.25) is 0 Å². The van der Waals surface area contributed by atoms with Crippen LogP contribution in [0.15, 0.2) is 188 Å². The van der Waals surface area contributed by atoms with E-state index in [4.69, 9.17) is 0 Å². The molecular formula is C51H37NS. The Morgan fingerprint density at radius 3 is 1.77 bits per heavy atom. The molecule has 1 nitrogen and oxygen atoms in total. The van der Waals surface area contributed by atoms with Gasteiger partial charge < -0.3 is 4.90 Å². The second-order valence-electron chi connectivity index (χ2n) is 14.5. The van der Waals surface area contributed by atoms with Crippen molar-refractivity contribution in [1.29, 1.82) is 0 Å². The van der Waals surface area contributed by atoms with Gasteiger partial charge >= 0.3 is 0 Å². The largest absolute Gasteiger partial charge is 0.309 e. The summed E-state index contributed by atoms with van der Waals surface area (Å²) in [5.74, 6) is 0. The SMILES string of the molecule is CC1(C)c2ccccc2-c2ccc(N(c3cccc(-c4ccccc4)c3-c3ccccc3-c3ccccc3)c3cccc4sc5ccccc5c34)cc21. The second-order valence-corrected chi connectivity index (χ2v) is 15.5. The monoisotopic (exact) mass is 695 g/mol. The summed E-state index contributed by atoms with van der Waals surface area (Å²) in [4.78, 5) is 2.55. The first-order valence-corrected chi connectivity index (χ1v) is 19.2. The van der Waals surface area contributed by atoms with Gasteiger partial charge in [0, 0.05) is 36.8 Å². The average Bonchev–Trinajstić information content (AvgIpc) is 3.71. The Bertz CT molecular complexity index is 2810. The first kappa shape index (κ1) is 31.5. The standard InChI is InChI=1S/C51H37NS/c1-51(2)43-26-13-11-22-39(43)40-32-31-36(33-44(40)51)52(46-28-16-30-48-50(46)42-24-12-14-29-47(42)53-48)45-27-15-25-38(35-19-7-4-8-20-35)49(45)41-23-10-9-21-37(41)34-17-5-3-6-18-34/h3-33H,1-2H3. The van der Waals surface area contributed by atoms with Crippen LogP contribution < -0.4 is 4.90 Å². The molecule has 10 rings (SSSR count). The number of rotatable bonds is 6. The van der Waals surface area contributed by atoms with E-state index in [-0.39, 0.29) is 5.41 Å². The predicted octanol–water partition coefficient (Wildman–Crippen LogP) is 14.8. The van der Waals surface area contributed by atoms with Gasteiger partial charge in [-0.3, -0.25) is 0 Å². The van der Waals surface area contributed by atoms with Crippen molar-refractivity contribution in [1.82, 2.24) is 0 Å². The maximum atomic E-state index is 2.55. The van der Waals surface area contributed by atoms with Crippen molar-refractivity contribution in [2.24, 2.45) is 0 Å². The fourth-order valence-corrected chi connectivity index (χ4v) is 9.75. The van der Waals surface area contributed by atoms with Crippen molar-refractivity contribution in [3.8, 4) is 44.5 Å². The van der Waals surface area contributed by atoms with Crippen LogP contribution in [0.3, 0.4) is 0 Å². The van der Waals surface area contributed by atoms with Crippen LogP contribution in [0.25, 0.3) is 64.7 Å². The molecule has 1 heterocycles. The van der Waals surface area contributed by atoms with Gasteiger partial charge in [0.2, 0.25) is 0 Å². The highest BCUT2D eigenvalue weighted by Crippen LogP contribution is 2.54. The zero-order valence-electron chi connectivity index (χ0n) is 29.8. The first-order chi connectivity index (χ1) is 26.1. The van der Waals surface area contributed by atoms with Crippen molar-refractivity contribution < 1.29 is 0 Å². The summed E-state index contributed by atoms with van der Waals surface area (Å²) in [5, 5.41) is 2.57. The Morgan fingerprint density at radius 2 is 0.981 bits per heavy atom. The van der Waals surface area contributed by atoms with Gasteiger partial charge in [0.15, 0.2) is 0 Å². The summed E-state index contributed by atoms with van der Waals surface area (Å²) in [6, 6.07) is 69.2. The Hall–Kier alpha value is -6.22. The number of fused-ring (bicyclic) bond motifs is 6. The summed E-state index contributed by atoms with van der Waals surface area (Å²) in [7, 11) is 0. The third kappa shape index (κ3) is 5.05. The molecule has 1 aliphatic rings. The number of benzene rings is 8. The molecule has 1 aliphatic carbocycles. The second kappa shape index (κ2) is 12.5. The lowest BCUT2D eigenvalue weighted by atomic mass is 9.82. The van der Waals surface area contributed by atoms with Crippen LogP contribution in [0.4, 0.5) is 17.1 Å². The predicted molar refractivity (Wildman–Crippen MR) is 228 cm³/mol. The Labute approximate surface area is 315 Å². The molecule has 8 aromatic carbocycles. The molecule has 0 N–H and O–H groups in total. The molecule has 0 atom stereocenters. The molecule has 1 aromatic heterocycles. The van der Waals surface area contributed by atoms with Crippen molar-refractivity contribution >= 4 is 48.6 Å². The number of hydrogen-bond acceptors (Lipinski definition) is 2. The quantitative estimate of drug-likeness (QED) is 0.167. The molecule has 9 aromatic rings. The molecule has 0 amide bonds. The summed E-state index contributed by atoms with van der Waals surface area (Å²) in [6.45, 7) is 4.74. The fourth-order valence-electron chi connectivity index (χ4n) is 8.62. The highest BCUT2D eigenvalue weighted by atomic mass is 32.1. The van der Waals surface area contributed by atoms with Crippen molar-refractivity contribution in [2.75, 3.05) is 4.90 Å². The lowest BCUT2D eigenvalue weighted by molar-refractivity contribution is 0.660. The molecule has 0 saturated heterocycles. The molecular weight excluding hydrogens is 659 g/mol. The zero-order valence-corrected chi connectivity index (χ0v) is 30.6. The summed E-state index contributed by atoms with van der Waals surface area (Å²) >= 11 is 1.87. The van der Waals surface area contributed by atoms with Crippen LogP contribution in [-0.2, 0) is 5.41 Å². The summed E-state index contributed by atoms with van der Waals surface area (Å²) in [5.41, 5.74) is 15.9. The van der Waals surface area contributed by atoms with Gasteiger partial charge in [-0.25, -0.2) is 0 Å². The fraction of sp³-hybridized carbons (Fsp3) is 0.0588. The maximum Gasteiger partial charge on any atom is 0.0555 e. The van der Waals surface area contributed by atoms with E-state index in [0.717, 1.165) is 11.4 Å². The van der Waals surface area contributed by atoms with Crippen LogP contribution in [-0.4, -0.2) is 0 Å². The maximum absolute atomic E-state index is 2.55. The van der Waals surface area contributed by atoms with E-state index in [2.05, 4.69) is 207 Å². The van der Waals surface area contributed by atoms with Gasteiger partial charge in [0.05, 0.1) is 11.4 Å². The summed E-state index contributed by atoms with van der Waals surface area (Å²) < 4.78 is 2.58. The van der Waals surface area contributed by atoms with Gasteiger partial charge in [-0.1, -0.05) is 166 Å². The lowest BCUT2D eigenvalue weighted by Gasteiger charge is -2.32. The van der Waals surface area contributed by atoms with Gasteiger partial charge in [0.1, 0.15) is 0 Å². The molecule has 0 fully saturated rings. The summed E-state index contributed by atoms with van der Waals surface area (Å²) in [6.07, 6.45) is 0. The highest BCUT2D eigenvalue weighted by molar-refractivity contribution is 7.26. The van der Waals surface area contributed by atoms with Gasteiger partial charge in [0.25, 0.3) is 0 Å². The minimum Gasteiger partial charge on any atom is -0.309 e. The van der Waals surface area contributed by atoms with Crippen molar-refractivity contribution in [3.63, 3.8) is 0 Å². The van der Waals surface area contributed by atoms with Crippen LogP contribution in [0, 0.1) is 0 Å². The van der Waals surface area contributed by atoms with E-state index in [1.165, 1.54) is 81.5 Å². The van der Waals surface area contributed by atoms with Gasteiger partial charge in [-0.15, -0.1) is 11.3 Å². The first-order valence-electron chi connectivity index (χ1n) is 18.4. The lowest BCUT2D eigenvalue weighted by Crippen LogP contribution is -2.17. The minimum absolute atomic E-state index is 0.136. The average molecular weight is 696 g/mol. The Balaban J connectivity index is 1.32. The third-order valence-electron chi connectivity index (χ3n) is 11.1. The minimum atomic E-state index is -0.136. The van der Waals surface area contributed by atoms with E-state index in [0.29, 0.717) is 0 Å². The molecule has 252 valence electrons. The van der Waals surface area contributed by atoms with E-state index >= 15 is 0 Å². The Kier molecular flexibility index (Phi) is 7.42. The third-order valence-corrected chi connectivity index (χ3v) is 12.2. The van der Waals surface area contributed by atoms with Crippen LogP contribution in [0.1, 0.15) is 25.0 Å². The zero-order chi connectivity index (χ0) is 35.5. The van der Waals surface area contributed by atoms with E-state index in [1.54, 1.807) is 0 Å². The highest BCUT2D eigenvalue weighted by Gasteiger charge is 2.36. The number of anilines is 3. The van der Waals surface area contributed by atoms with E-state index in [9.17, 15) is 0 Å². The molecule has 0 unspecified atom stereocenters. The van der Waals surface area contributed by atoms with Crippen molar-refractivity contribution in [2.45, 2.75) is 19.3 Å². The molecule has 0 radical (unpaired) electrons. The van der Waals surface area contributed by atoms with Crippen LogP contribution in [0.5, 0.6) is 0 Å².